The number of nitrogens with zero attached hydrogens (tertiary/aromatic N) is 1. The molecule has 0 amide bonds. The summed E-state index contributed by atoms with van der Waals surface area (Å²) in [6, 6.07) is 3.40. The van der Waals surface area contributed by atoms with Crippen molar-refractivity contribution < 1.29 is 26.3 Å². The van der Waals surface area contributed by atoms with Gasteiger partial charge in [0, 0.05) is 5.56 Å². The lowest BCUT2D eigenvalue weighted by molar-refractivity contribution is -0.141. The van der Waals surface area contributed by atoms with Crippen LogP contribution in [0.3, 0.4) is 0 Å². The number of aromatic nitrogens is 2. The zero-order valence-electron chi connectivity index (χ0n) is 9.10. The molecule has 1 heterocycles. The van der Waals surface area contributed by atoms with Crippen LogP contribution >= 0.6 is 0 Å². The van der Waals surface area contributed by atoms with E-state index in [0.717, 1.165) is 30.5 Å². The molecule has 0 spiro atoms. The Kier molecular flexibility index (Phi) is 3.03. The van der Waals surface area contributed by atoms with E-state index in [1.54, 1.807) is 5.10 Å². The van der Waals surface area contributed by atoms with E-state index >= 15 is 0 Å². The van der Waals surface area contributed by atoms with Crippen LogP contribution in [0.5, 0.6) is 0 Å². The summed E-state index contributed by atoms with van der Waals surface area (Å²) in [5, 5.41) is 5.06. The molecule has 0 bridgehead atoms. The Balaban J connectivity index is 2.42. The molecule has 1 aromatic heterocycles. The summed E-state index contributed by atoms with van der Waals surface area (Å²) in [6.07, 6.45) is -8.25. The normalized spacial score (nSPS) is 12.7. The Morgan fingerprint density at radius 2 is 1.42 bits per heavy atom. The minimum atomic E-state index is -4.64. The van der Waals surface area contributed by atoms with Crippen molar-refractivity contribution in [1.82, 2.24) is 10.2 Å². The van der Waals surface area contributed by atoms with E-state index in [4.69, 9.17) is 0 Å². The van der Waals surface area contributed by atoms with Crippen molar-refractivity contribution in [1.29, 1.82) is 0 Å². The highest BCUT2D eigenvalue weighted by Crippen LogP contribution is 2.36. The van der Waals surface area contributed by atoms with Crippen molar-refractivity contribution >= 4 is 0 Å². The molecule has 1 aromatic carbocycles. The largest absolute Gasteiger partial charge is 0.433 e. The van der Waals surface area contributed by atoms with Crippen LogP contribution in [0, 0.1) is 0 Å². The fourth-order valence-corrected chi connectivity index (χ4v) is 1.56. The number of rotatable bonds is 1. The lowest BCUT2D eigenvalue weighted by Gasteiger charge is -2.09. The van der Waals surface area contributed by atoms with E-state index in [9.17, 15) is 26.3 Å². The summed E-state index contributed by atoms with van der Waals surface area (Å²) in [4.78, 5) is 0. The maximum absolute atomic E-state index is 12.6. The lowest BCUT2D eigenvalue weighted by Crippen LogP contribution is -2.07. The van der Waals surface area contributed by atoms with Crippen molar-refractivity contribution in [3.63, 3.8) is 0 Å². The van der Waals surface area contributed by atoms with Crippen LogP contribution in [0.4, 0.5) is 26.3 Å². The van der Waals surface area contributed by atoms with E-state index in [2.05, 4.69) is 5.10 Å². The van der Waals surface area contributed by atoms with Crippen LogP contribution < -0.4 is 0 Å². The molecule has 2 nitrogen and oxygen atoms in total. The Morgan fingerprint density at radius 1 is 0.842 bits per heavy atom. The van der Waals surface area contributed by atoms with Gasteiger partial charge < -0.3 is 0 Å². The molecular weight excluding hydrogens is 274 g/mol. The third-order valence-corrected chi connectivity index (χ3v) is 2.45. The van der Waals surface area contributed by atoms with Crippen molar-refractivity contribution in [3.8, 4) is 11.1 Å². The van der Waals surface area contributed by atoms with Gasteiger partial charge in [0.15, 0.2) is 0 Å². The fraction of sp³-hybridized carbons (Fsp3) is 0.182. The predicted octanol–water partition coefficient (Wildman–Crippen LogP) is 4.11. The van der Waals surface area contributed by atoms with Gasteiger partial charge in [-0.15, -0.1) is 0 Å². The summed E-state index contributed by atoms with van der Waals surface area (Å²) in [5.74, 6) is 0. The average Bonchev–Trinajstić information content (AvgIpc) is 2.76. The number of benzene rings is 1. The molecule has 2 aromatic rings. The van der Waals surface area contributed by atoms with Gasteiger partial charge in [0.25, 0.3) is 0 Å². The molecule has 0 atom stereocenters. The minimum Gasteiger partial charge on any atom is -0.273 e. The second kappa shape index (κ2) is 4.29. The molecule has 0 fully saturated rings. The van der Waals surface area contributed by atoms with E-state index in [-0.39, 0.29) is 11.1 Å². The summed E-state index contributed by atoms with van der Waals surface area (Å²) in [5.41, 5.74) is -2.30. The van der Waals surface area contributed by atoms with Crippen molar-refractivity contribution in [2.24, 2.45) is 0 Å². The topological polar surface area (TPSA) is 28.7 Å². The number of aromatic amines is 1. The van der Waals surface area contributed by atoms with Gasteiger partial charge in [-0.1, -0.05) is 12.1 Å². The first kappa shape index (κ1) is 13.4. The van der Waals surface area contributed by atoms with Crippen molar-refractivity contribution in [3.05, 3.63) is 41.7 Å². The Hall–Kier alpha value is -1.99. The van der Waals surface area contributed by atoms with Crippen LogP contribution in [0.15, 0.2) is 30.5 Å². The summed E-state index contributed by atoms with van der Waals surface area (Å²) >= 11 is 0. The maximum atomic E-state index is 12.6. The van der Waals surface area contributed by atoms with E-state index in [1.165, 1.54) is 0 Å². The van der Waals surface area contributed by atoms with Crippen LogP contribution in [0.25, 0.3) is 11.1 Å². The molecule has 8 heteroatoms. The molecule has 0 saturated heterocycles. The Morgan fingerprint density at radius 3 is 1.89 bits per heavy atom. The molecule has 0 aliphatic heterocycles. The monoisotopic (exact) mass is 280 g/mol. The number of nitrogens with one attached hydrogen (secondary N) is 1. The molecule has 1 N–H and O–H groups in total. The van der Waals surface area contributed by atoms with Gasteiger partial charge in [-0.3, -0.25) is 5.10 Å². The first-order valence-corrected chi connectivity index (χ1v) is 4.98. The Bertz CT molecular complexity index is 564. The predicted molar refractivity (Wildman–Crippen MR) is 54.0 cm³/mol. The third-order valence-electron chi connectivity index (χ3n) is 2.45. The van der Waals surface area contributed by atoms with Gasteiger partial charge in [-0.05, 0) is 17.7 Å². The second-order valence-electron chi connectivity index (χ2n) is 3.73. The van der Waals surface area contributed by atoms with Crippen molar-refractivity contribution in [2.75, 3.05) is 0 Å². The number of hydrogen-bond donors (Lipinski definition) is 1. The maximum Gasteiger partial charge on any atom is 0.433 e. The molecule has 2 rings (SSSR count). The molecule has 19 heavy (non-hydrogen) atoms. The quantitative estimate of drug-likeness (QED) is 0.782. The number of H-pyrrole nitrogens is 1. The first-order valence-electron chi connectivity index (χ1n) is 4.98. The minimum absolute atomic E-state index is 0.00840. The van der Waals surface area contributed by atoms with Gasteiger partial charge >= 0.3 is 12.4 Å². The smallest absolute Gasteiger partial charge is 0.273 e. The van der Waals surface area contributed by atoms with Gasteiger partial charge in [-0.2, -0.15) is 31.4 Å². The second-order valence-corrected chi connectivity index (χ2v) is 3.73. The SMILES string of the molecule is FC(F)(F)c1ccc(-c2cn[nH]c2C(F)(F)F)cc1. The van der Waals surface area contributed by atoms with Gasteiger partial charge in [0.2, 0.25) is 0 Å². The molecular formula is C11H6F6N2. The zero-order chi connectivity index (χ0) is 14.3. The number of alkyl halides is 6. The average molecular weight is 280 g/mol. The summed E-state index contributed by atoms with van der Waals surface area (Å²) in [6.45, 7) is 0. The van der Waals surface area contributed by atoms with Crippen LogP contribution in [-0.4, -0.2) is 10.2 Å². The van der Waals surface area contributed by atoms with Crippen LogP contribution in [-0.2, 0) is 12.4 Å². The third kappa shape index (κ3) is 2.72. The molecule has 0 saturated carbocycles. The molecule has 0 unspecified atom stereocenters. The summed E-state index contributed by atoms with van der Waals surface area (Å²) < 4.78 is 74.8. The van der Waals surface area contributed by atoms with Gasteiger partial charge in [-0.25, -0.2) is 0 Å². The van der Waals surface area contributed by atoms with Crippen LogP contribution in [0.1, 0.15) is 11.3 Å². The molecule has 0 radical (unpaired) electrons. The Labute approximate surface area is 103 Å². The highest BCUT2D eigenvalue weighted by molar-refractivity contribution is 5.66. The molecule has 0 aliphatic rings. The van der Waals surface area contributed by atoms with Crippen LogP contribution in [0.2, 0.25) is 0 Å². The fourth-order valence-electron chi connectivity index (χ4n) is 1.56. The van der Waals surface area contributed by atoms with Gasteiger partial charge in [0.05, 0.1) is 11.8 Å². The summed E-state index contributed by atoms with van der Waals surface area (Å²) in [7, 11) is 0. The number of halogens is 6. The van der Waals surface area contributed by atoms with Gasteiger partial charge in [0.1, 0.15) is 5.69 Å². The molecule has 102 valence electrons. The highest BCUT2D eigenvalue weighted by Gasteiger charge is 2.36. The zero-order valence-corrected chi connectivity index (χ0v) is 9.10. The molecule has 0 aliphatic carbocycles. The number of hydrogen-bond acceptors (Lipinski definition) is 1. The highest BCUT2D eigenvalue weighted by atomic mass is 19.4. The van der Waals surface area contributed by atoms with E-state index < -0.39 is 23.6 Å². The standard InChI is InChI=1S/C11H6F6N2/c12-10(13,14)7-3-1-6(2-4-7)8-5-18-19-9(8)11(15,16)17/h1-5H,(H,18,19). The first-order chi connectivity index (χ1) is 8.69. The van der Waals surface area contributed by atoms with E-state index in [1.807, 2.05) is 0 Å². The van der Waals surface area contributed by atoms with Crippen molar-refractivity contribution in [2.45, 2.75) is 12.4 Å². The van der Waals surface area contributed by atoms with E-state index in [0.29, 0.717) is 0 Å². The lowest BCUT2D eigenvalue weighted by atomic mass is 10.0.